The average molecular weight is 343 g/mol. The third-order valence-electron chi connectivity index (χ3n) is 3.88. The van der Waals surface area contributed by atoms with Crippen LogP contribution in [0.15, 0.2) is 18.2 Å². The Balaban J connectivity index is 1.83. The molecule has 1 aliphatic rings. The minimum atomic E-state index is -4.44. The lowest BCUT2D eigenvalue weighted by molar-refractivity contribution is -0.143. The van der Waals surface area contributed by atoms with E-state index in [0.29, 0.717) is 9.75 Å². The van der Waals surface area contributed by atoms with Gasteiger partial charge in [-0.1, -0.05) is 0 Å². The van der Waals surface area contributed by atoms with Crippen LogP contribution in [0.2, 0.25) is 0 Å². The van der Waals surface area contributed by atoms with E-state index < -0.39 is 11.9 Å². The van der Waals surface area contributed by atoms with E-state index in [1.54, 1.807) is 17.0 Å². The van der Waals surface area contributed by atoms with Crippen LogP contribution >= 0.6 is 11.3 Å². The number of carbonyl (C=O) groups is 1. The van der Waals surface area contributed by atoms with Crippen LogP contribution in [0.1, 0.15) is 34.6 Å². The van der Waals surface area contributed by atoms with Gasteiger partial charge in [0.25, 0.3) is 5.91 Å². The first-order valence-electron chi connectivity index (χ1n) is 7.37. The first-order chi connectivity index (χ1) is 10.9. The van der Waals surface area contributed by atoms with Crippen LogP contribution in [0.5, 0.6) is 0 Å². The highest BCUT2D eigenvalue weighted by Crippen LogP contribution is 2.34. The Labute approximate surface area is 135 Å². The lowest BCUT2D eigenvalue weighted by Crippen LogP contribution is -2.35. The molecule has 0 aromatic carbocycles. The number of hydrogen-bond donors (Lipinski definition) is 0. The highest BCUT2D eigenvalue weighted by atomic mass is 32.1. The number of piperidine rings is 1. The molecule has 3 rings (SSSR count). The quantitative estimate of drug-likeness (QED) is 0.832. The number of aryl methyl sites for hydroxylation is 1. The predicted octanol–water partition coefficient (Wildman–Crippen LogP) is 3.79. The largest absolute Gasteiger partial charge is 0.433 e. The van der Waals surface area contributed by atoms with Crippen molar-refractivity contribution >= 4 is 17.2 Å². The summed E-state index contributed by atoms with van der Waals surface area (Å²) in [5.41, 5.74) is -0.563. The zero-order valence-corrected chi connectivity index (χ0v) is 13.4. The SMILES string of the molecule is Cn1nc(-c2ccc(C(=O)N3CCCCC3)s2)cc1C(F)(F)F. The molecule has 1 fully saturated rings. The summed E-state index contributed by atoms with van der Waals surface area (Å²) in [6.45, 7) is 1.49. The number of halogens is 3. The molecule has 4 nitrogen and oxygen atoms in total. The van der Waals surface area contributed by atoms with Crippen molar-refractivity contribution in [3.05, 3.63) is 28.8 Å². The lowest BCUT2D eigenvalue weighted by Gasteiger charge is -2.26. The van der Waals surface area contributed by atoms with Gasteiger partial charge in [-0.2, -0.15) is 18.3 Å². The van der Waals surface area contributed by atoms with Gasteiger partial charge in [-0.3, -0.25) is 9.48 Å². The van der Waals surface area contributed by atoms with Crippen molar-refractivity contribution in [2.45, 2.75) is 25.4 Å². The minimum Gasteiger partial charge on any atom is -0.338 e. The molecule has 0 bridgehead atoms. The summed E-state index contributed by atoms with van der Waals surface area (Å²) in [4.78, 5) is 15.3. The van der Waals surface area contributed by atoms with E-state index in [4.69, 9.17) is 0 Å². The highest BCUT2D eigenvalue weighted by molar-refractivity contribution is 7.17. The van der Waals surface area contributed by atoms with Gasteiger partial charge in [0.15, 0.2) is 0 Å². The van der Waals surface area contributed by atoms with Gasteiger partial charge in [0.2, 0.25) is 0 Å². The highest BCUT2D eigenvalue weighted by Gasteiger charge is 2.35. The number of aromatic nitrogens is 2. The third kappa shape index (κ3) is 3.26. The smallest absolute Gasteiger partial charge is 0.338 e. The Kier molecular flexibility index (Phi) is 4.18. The summed E-state index contributed by atoms with van der Waals surface area (Å²) < 4.78 is 39.3. The second-order valence-electron chi connectivity index (χ2n) is 5.55. The van der Waals surface area contributed by atoms with E-state index in [0.717, 1.165) is 43.1 Å². The van der Waals surface area contributed by atoms with Gasteiger partial charge in [-0.15, -0.1) is 11.3 Å². The van der Waals surface area contributed by atoms with Crippen molar-refractivity contribution in [3.63, 3.8) is 0 Å². The van der Waals surface area contributed by atoms with Crippen molar-refractivity contribution in [1.29, 1.82) is 0 Å². The Morgan fingerprint density at radius 3 is 2.52 bits per heavy atom. The maximum absolute atomic E-state index is 12.8. The van der Waals surface area contributed by atoms with Crippen LogP contribution in [0.3, 0.4) is 0 Å². The van der Waals surface area contributed by atoms with E-state index in [9.17, 15) is 18.0 Å². The van der Waals surface area contributed by atoms with Crippen LogP contribution in [0, 0.1) is 0 Å². The van der Waals surface area contributed by atoms with E-state index in [2.05, 4.69) is 5.10 Å². The number of likely N-dealkylation sites (tertiary alicyclic amines) is 1. The number of amides is 1. The Hall–Kier alpha value is -1.83. The molecule has 3 heterocycles. The van der Waals surface area contributed by atoms with Crippen molar-refractivity contribution in [2.24, 2.45) is 7.05 Å². The molecule has 23 heavy (non-hydrogen) atoms. The fourth-order valence-electron chi connectivity index (χ4n) is 2.70. The average Bonchev–Trinajstić information content (AvgIpc) is 3.13. The fraction of sp³-hybridized carbons (Fsp3) is 0.467. The molecule has 2 aromatic rings. The molecule has 0 unspecified atom stereocenters. The molecule has 1 aliphatic heterocycles. The molecule has 8 heteroatoms. The molecule has 2 aromatic heterocycles. The lowest BCUT2D eigenvalue weighted by atomic mass is 10.1. The zero-order valence-electron chi connectivity index (χ0n) is 12.6. The fourth-order valence-corrected chi connectivity index (χ4v) is 3.63. The van der Waals surface area contributed by atoms with Crippen molar-refractivity contribution in [3.8, 4) is 10.6 Å². The second-order valence-corrected chi connectivity index (χ2v) is 6.64. The maximum Gasteiger partial charge on any atom is 0.433 e. The zero-order chi connectivity index (χ0) is 16.6. The second kappa shape index (κ2) is 5.99. The monoisotopic (exact) mass is 343 g/mol. The molecule has 0 aliphatic carbocycles. The molecule has 0 spiro atoms. The van der Waals surface area contributed by atoms with Gasteiger partial charge in [0.1, 0.15) is 11.4 Å². The van der Waals surface area contributed by atoms with Crippen LogP contribution < -0.4 is 0 Å². The predicted molar refractivity (Wildman–Crippen MR) is 81.3 cm³/mol. The van der Waals surface area contributed by atoms with Gasteiger partial charge in [-0.05, 0) is 37.5 Å². The topological polar surface area (TPSA) is 38.1 Å². The number of thiophene rings is 1. The summed E-state index contributed by atoms with van der Waals surface area (Å²) in [6, 6.07) is 4.34. The normalized spacial score (nSPS) is 15.9. The van der Waals surface area contributed by atoms with Crippen LogP contribution in [0.4, 0.5) is 13.2 Å². The van der Waals surface area contributed by atoms with E-state index in [-0.39, 0.29) is 11.6 Å². The minimum absolute atomic E-state index is 0.0482. The summed E-state index contributed by atoms with van der Waals surface area (Å²) in [7, 11) is 1.26. The van der Waals surface area contributed by atoms with E-state index in [1.165, 1.54) is 18.4 Å². The van der Waals surface area contributed by atoms with Crippen molar-refractivity contribution in [2.75, 3.05) is 13.1 Å². The van der Waals surface area contributed by atoms with Gasteiger partial charge in [0.05, 0.1) is 9.75 Å². The molecule has 1 amide bonds. The summed E-state index contributed by atoms with van der Waals surface area (Å²) in [5.74, 6) is -0.0482. The molecule has 0 saturated carbocycles. The number of carbonyl (C=O) groups excluding carboxylic acids is 1. The van der Waals surface area contributed by atoms with Gasteiger partial charge in [-0.25, -0.2) is 0 Å². The molecule has 0 radical (unpaired) electrons. The number of hydrogen-bond acceptors (Lipinski definition) is 3. The Morgan fingerprint density at radius 2 is 1.91 bits per heavy atom. The van der Waals surface area contributed by atoms with Gasteiger partial charge in [0, 0.05) is 20.1 Å². The van der Waals surface area contributed by atoms with Crippen LogP contribution in [0.25, 0.3) is 10.6 Å². The van der Waals surface area contributed by atoms with E-state index in [1.807, 2.05) is 0 Å². The van der Waals surface area contributed by atoms with Gasteiger partial charge >= 0.3 is 6.18 Å². The van der Waals surface area contributed by atoms with E-state index >= 15 is 0 Å². The molecular weight excluding hydrogens is 327 g/mol. The van der Waals surface area contributed by atoms with Crippen molar-refractivity contribution in [1.82, 2.24) is 14.7 Å². The summed E-state index contributed by atoms with van der Waals surface area (Å²) in [6.07, 6.45) is -1.31. The Bertz CT molecular complexity index is 714. The number of alkyl halides is 3. The summed E-state index contributed by atoms with van der Waals surface area (Å²) >= 11 is 1.19. The van der Waals surface area contributed by atoms with Crippen molar-refractivity contribution < 1.29 is 18.0 Å². The van der Waals surface area contributed by atoms with Gasteiger partial charge < -0.3 is 4.90 Å². The van der Waals surface area contributed by atoms with Crippen LogP contribution in [-0.4, -0.2) is 33.7 Å². The third-order valence-corrected chi connectivity index (χ3v) is 4.98. The molecular formula is C15H16F3N3OS. The van der Waals surface area contributed by atoms with Crippen LogP contribution in [-0.2, 0) is 13.2 Å². The number of nitrogens with zero attached hydrogens (tertiary/aromatic N) is 3. The molecule has 1 saturated heterocycles. The standard InChI is InChI=1S/C15H16F3N3OS/c1-20-13(15(16,17)18)9-10(19-20)11-5-6-12(23-11)14(22)21-7-3-2-4-8-21/h5-6,9H,2-4,7-8H2,1H3. The molecule has 0 N–H and O–H groups in total. The molecule has 124 valence electrons. The first-order valence-corrected chi connectivity index (χ1v) is 8.18. The maximum atomic E-state index is 12.8. The molecule has 0 atom stereocenters. The first kappa shape index (κ1) is 16.0. The Morgan fingerprint density at radius 1 is 1.22 bits per heavy atom. The summed E-state index contributed by atoms with van der Waals surface area (Å²) in [5, 5.41) is 3.91. The number of rotatable bonds is 2.